The van der Waals surface area contributed by atoms with Crippen molar-refractivity contribution in [3.8, 4) is 0 Å². The average Bonchev–Trinajstić information content (AvgIpc) is 2.56. The number of rotatable bonds is 2. The van der Waals surface area contributed by atoms with Crippen molar-refractivity contribution in [2.75, 3.05) is 0 Å². The molecule has 1 heterocycles. The zero-order valence-corrected chi connectivity index (χ0v) is 8.99. The Morgan fingerprint density at radius 3 is 2.64 bits per heavy atom. The lowest BCUT2D eigenvalue weighted by atomic mass is 10.2. The van der Waals surface area contributed by atoms with Gasteiger partial charge in [0.1, 0.15) is 0 Å². The smallest absolute Gasteiger partial charge is 0.0700 e. The van der Waals surface area contributed by atoms with Crippen LogP contribution >= 0.6 is 0 Å². The maximum atomic E-state index is 4.62. The quantitative estimate of drug-likeness (QED) is 0.707. The van der Waals surface area contributed by atoms with Crippen LogP contribution < -0.4 is 0 Å². The van der Waals surface area contributed by atoms with Crippen molar-refractivity contribution in [2.45, 2.75) is 33.2 Å². The number of benzene rings is 1. The number of aromatic nitrogens is 2. The molecule has 0 radical (unpaired) electrons. The number of nitrogens with zero attached hydrogens (tertiary/aromatic N) is 2. The Morgan fingerprint density at radius 1 is 1.29 bits per heavy atom. The van der Waals surface area contributed by atoms with Gasteiger partial charge in [-0.3, -0.25) is 4.68 Å². The van der Waals surface area contributed by atoms with E-state index in [1.165, 1.54) is 16.6 Å². The summed E-state index contributed by atoms with van der Waals surface area (Å²) in [5, 5.41) is 5.92. The van der Waals surface area contributed by atoms with Crippen molar-refractivity contribution < 1.29 is 0 Å². The Bertz CT molecular complexity index is 441. The highest BCUT2D eigenvalue weighted by Crippen LogP contribution is 2.21. The minimum Gasteiger partial charge on any atom is -0.262 e. The maximum Gasteiger partial charge on any atom is 0.0700 e. The number of aryl methyl sites for hydroxylation is 1. The number of hydrogen-bond acceptors (Lipinski definition) is 1. The third kappa shape index (κ3) is 1.31. The summed E-state index contributed by atoms with van der Waals surface area (Å²) < 4.78 is 2.11. The third-order valence-corrected chi connectivity index (χ3v) is 2.51. The van der Waals surface area contributed by atoms with Crippen LogP contribution in [0.3, 0.4) is 0 Å². The number of hydrogen-bond donors (Lipinski definition) is 0. The Balaban J connectivity index is 2.73. The molecule has 2 nitrogen and oxygen atoms in total. The summed E-state index contributed by atoms with van der Waals surface area (Å²) in [6.07, 6.45) is 1.00. The fraction of sp³-hybridized carbons (Fsp3) is 0.417. The molecule has 0 unspecified atom stereocenters. The van der Waals surface area contributed by atoms with Crippen molar-refractivity contribution in [3.63, 3.8) is 0 Å². The molecule has 0 bridgehead atoms. The molecule has 0 aliphatic carbocycles. The van der Waals surface area contributed by atoms with Gasteiger partial charge in [0.05, 0.1) is 11.2 Å². The third-order valence-electron chi connectivity index (χ3n) is 2.51. The van der Waals surface area contributed by atoms with E-state index in [1.54, 1.807) is 0 Å². The molecule has 0 fully saturated rings. The molecular weight excluding hydrogens is 172 g/mol. The fourth-order valence-electron chi connectivity index (χ4n) is 1.81. The molecule has 0 N–H and O–H groups in total. The van der Waals surface area contributed by atoms with E-state index < -0.39 is 0 Å². The summed E-state index contributed by atoms with van der Waals surface area (Å²) in [4.78, 5) is 0. The molecule has 14 heavy (non-hydrogen) atoms. The number of para-hydroxylation sites is 1. The molecule has 1 aromatic carbocycles. The van der Waals surface area contributed by atoms with Gasteiger partial charge in [-0.15, -0.1) is 0 Å². The van der Waals surface area contributed by atoms with E-state index in [9.17, 15) is 0 Å². The second-order valence-electron chi connectivity index (χ2n) is 3.86. The summed E-state index contributed by atoms with van der Waals surface area (Å²) in [6, 6.07) is 8.87. The molecule has 0 atom stereocenters. The zero-order chi connectivity index (χ0) is 10.1. The van der Waals surface area contributed by atoms with Crippen LogP contribution in [0.4, 0.5) is 0 Å². The first-order chi connectivity index (χ1) is 6.74. The monoisotopic (exact) mass is 188 g/mol. The van der Waals surface area contributed by atoms with Gasteiger partial charge in [-0.1, -0.05) is 25.1 Å². The summed E-state index contributed by atoms with van der Waals surface area (Å²) >= 11 is 0. The van der Waals surface area contributed by atoms with E-state index in [0.717, 1.165) is 6.42 Å². The SMILES string of the molecule is CCc1nn(C(C)C)c2ccccc12. The normalized spacial score (nSPS) is 11.4. The van der Waals surface area contributed by atoms with Crippen LogP contribution in [0.5, 0.6) is 0 Å². The summed E-state index contributed by atoms with van der Waals surface area (Å²) in [6.45, 7) is 6.48. The topological polar surface area (TPSA) is 17.8 Å². The fourth-order valence-corrected chi connectivity index (χ4v) is 1.81. The van der Waals surface area contributed by atoms with Crippen LogP contribution in [-0.2, 0) is 6.42 Å². The molecule has 0 aliphatic heterocycles. The highest BCUT2D eigenvalue weighted by molar-refractivity contribution is 5.82. The molecule has 2 aromatic rings. The molecule has 0 amide bonds. The van der Waals surface area contributed by atoms with E-state index in [4.69, 9.17) is 0 Å². The largest absolute Gasteiger partial charge is 0.262 e. The van der Waals surface area contributed by atoms with E-state index in [0.29, 0.717) is 6.04 Å². The van der Waals surface area contributed by atoms with Crippen molar-refractivity contribution in [1.29, 1.82) is 0 Å². The van der Waals surface area contributed by atoms with E-state index in [-0.39, 0.29) is 0 Å². The summed E-state index contributed by atoms with van der Waals surface area (Å²) in [5.41, 5.74) is 2.45. The van der Waals surface area contributed by atoms with E-state index in [2.05, 4.69) is 54.8 Å². The second-order valence-corrected chi connectivity index (χ2v) is 3.86. The number of fused-ring (bicyclic) bond motifs is 1. The Labute approximate surface area is 84.5 Å². The van der Waals surface area contributed by atoms with Crippen LogP contribution in [0.25, 0.3) is 10.9 Å². The predicted octanol–water partition coefficient (Wildman–Crippen LogP) is 3.18. The van der Waals surface area contributed by atoms with Gasteiger partial charge in [-0.25, -0.2) is 0 Å². The lowest BCUT2D eigenvalue weighted by Gasteiger charge is -2.06. The van der Waals surface area contributed by atoms with Crippen molar-refractivity contribution in [1.82, 2.24) is 9.78 Å². The summed E-state index contributed by atoms with van der Waals surface area (Å²) in [5.74, 6) is 0. The molecule has 74 valence electrons. The Kier molecular flexibility index (Phi) is 2.28. The standard InChI is InChI=1S/C12H16N2/c1-4-11-10-7-5-6-8-12(10)14(13-11)9(2)3/h5-9H,4H2,1-3H3. The second kappa shape index (κ2) is 3.45. The van der Waals surface area contributed by atoms with Gasteiger partial charge < -0.3 is 0 Å². The van der Waals surface area contributed by atoms with Gasteiger partial charge in [-0.2, -0.15) is 5.10 Å². The molecule has 0 saturated carbocycles. The van der Waals surface area contributed by atoms with Crippen molar-refractivity contribution in [2.24, 2.45) is 0 Å². The van der Waals surface area contributed by atoms with E-state index in [1.807, 2.05) is 0 Å². The molecular formula is C12H16N2. The highest BCUT2D eigenvalue weighted by atomic mass is 15.3. The van der Waals surface area contributed by atoms with Crippen LogP contribution in [0.15, 0.2) is 24.3 Å². The Morgan fingerprint density at radius 2 is 2.00 bits per heavy atom. The van der Waals surface area contributed by atoms with Crippen LogP contribution in [-0.4, -0.2) is 9.78 Å². The molecule has 2 heteroatoms. The summed E-state index contributed by atoms with van der Waals surface area (Å²) in [7, 11) is 0. The lowest BCUT2D eigenvalue weighted by Crippen LogP contribution is -2.02. The van der Waals surface area contributed by atoms with Crippen LogP contribution in [0.1, 0.15) is 32.5 Å². The average molecular weight is 188 g/mol. The van der Waals surface area contributed by atoms with Gasteiger partial charge in [0.15, 0.2) is 0 Å². The Hall–Kier alpha value is -1.31. The van der Waals surface area contributed by atoms with Gasteiger partial charge >= 0.3 is 0 Å². The van der Waals surface area contributed by atoms with Crippen molar-refractivity contribution >= 4 is 10.9 Å². The lowest BCUT2D eigenvalue weighted by molar-refractivity contribution is 0.544. The maximum absolute atomic E-state index is 4.62. The molecule has 2 rings (SSSR count). The zero-order valence-electron chi connectivity index (χ0n) is 8.99. The predicted molar refractivity (Wildman–Crippen MR) is 59.5 cm³/mol. The highest BCUT2D eigenvalue weighted by Gasteiger charge is 2.09. The van der Waals surface area contributed by atoms with Gasteiger partial charge in [0, 0.05) is 11.4 Å². The molecule has 1 aromatic heterocycles. The molecule has 0 aliphatic rings. The minimum atomic E-state index is 0.431. The van der Waals surface area contributed by atoms with E-state index >= 15 is 0 Å². The van der Waals surface area contributed by atoms with Gasteiger partial charge in [0.25, 0.3) is 0 Å². The molecule has 0 saturated heterocycles. The van der Waals surface area contributed by atoms with Crippen molar-refractivity contribution in [3.05, 3.63) is 30.0 Å². The first-order valence-corrected chi connectivity index (χ1v) is 5.20. The van der Waals surface area contributed by atoms with Gasteiger partial charge in [0.2, 0.25) is 0 Å². The van der Waals surface area contributed by atoms with Gasteiger partial charge in [-0.05, 0) is 26.3 Å². The minimum absolute atomic E-state index is 0.431. The first kappa shape index (κ1) is 9.25. The van der Waals surface area contributed by atoms with Crippen LogP contribution in [0.2, 0.25) is 0 Å². The molecule has 0 spiro atoms. The van der Waals surface area contributed by atoms with Crippen LogP contribution in [0, 0.1) is 0 Å². The first-order valence-electron chi connectivity index (χ1n) is 5.20.